The fourth-order valence-electron chi connectivity index (χ4n) is 4.64. The lowest BCUT2D eigenvalue weighted by molar-refractivity contribution is -0.133. The van der Waals surface area contributed by atoms with Gasteiger partial charge in [0.2, 0.25) is 5.91 Å². The van der Waals surface area contributed by atoms with Gasteiger partial charge in [-0.25, -0.2) is 4.39 Å². The highest BCUT2D eigenvalue weighted by Gasteiger charge is 2.43. The molecule has 0 aliphatic carbocycles. The molecule has 4 rings (SSSR count). The maximum atomic E-state index is 13.7. The first kappa shape index (κ1) is 21.7. The number of nitrogens with zero attached hydrogens (tertiary/aromatic N) is 2. The van der Waals surface area contributed by atoms with Gasteiger partial charge in [0.05, 0.1) is 5.41 Å². The second-order valence-corrected chi connectivity index (χ2v) is 8.27. The SMILES string of the molecule is CNC(=O)[C@@]1(Cc2ccccc2-c2ccncc2)CCCN(C(=O)c2cccc(F)c2)C1. The number of carbonyl (C=O) groups is 2. The summed E-state index contributed by atoms with van der Waals surface area (Å²) in [4.78, 5) is 32.1. The van der Waals surface area contributed by atoms with Gasteiger partial charge in [-0.3, -0.25) is 14.6 Å². The molecule has 0 bridgehead atoms. The molecular formula is C26H26FN3O2. The number of hydrogen-bond donors (Lipinski definition) is 1. The summed E-state index contributed by atoms with van der Waals surface area (Å²) in [5.74, 6) is -0.782. The molecule has 32 heavy (non-hydrogen) atoms. The van der Waals surface area contributed by atoms with Crippen molar-refractivity contribution < 1.29 is 14.0 Å². The van der Waals surface area contributed by atoms with E-state index in [1.165, 1.54) is 18.2 Å². The minimum absolute atomic E-state index is 0.0845. The van der Waals surface area contributed by atoms with Crippen molar-refractivity contribution in [3.63, 3.8) is 0 Å². The summed E-state index contributed by atoms with van der Waals surface area (Å²) in [6.07, 6.45) is 5.37. The fourth-order valence-corrected chi connectivity index (χ4v) is 4.64. The van der Waals surface area contributed by atoms with Crippen molar-refractivity contribution in [3.8, 4) is 11.1 Å². The van der Waals surface area contributed by atoms with Crippen molar-refractivity contribution >= 4 is 11.8 Å². The standard InChI is InChI=1S/C26H26FN3O2/c1-28-25(32)26(17-21-6-2-3-9-23(21)19-10-13-29-14-11-19)12-5-15-30(18-26)24(31)20-7-4-8-22(27)16-20/h2-4,6-11,13-14,16H,5,12,15,17-18H2,1H3,(H,28,32)/t26-/m1/s1. The zero-order valence-electron chi connectivity index (χ0n) is 18.1. The van der Waals surface area contributed by atoms with Gasteiger partial charge in [-0.1, -0.05) is 30.3 Å². The van der Waals surface area contributed by atoms with Crippen LogP contribution in [0.4, 0.5) is 4.39 Å². The summed E-state index contributed by atoms with van der Waals surface area (Å²) < 4.78 is 13.7. The van der Waals surface area contributed by atoms with Crippen LogP contribution in [0.25, 0.3) is 11.1 Å². The van der Waals surface area contributed by atoms with Crippen molar-refractivity contribution in [2.75, 3.05) is 20.1 Å². The zero-order valence-corrected chi connectivity index (χ0v) is 18.1. The molecule has 0 saturated carbocycles. The Kier molecular flexibility index (Phi) is 6.30. The maximum absolute atomic E-state index is 13.7. The predicted octanol–water partition coefficient (Wildman–Crippen LogP) is 4.10. The first-order valence-corrected chi connectivity index (χ1v) is 10.8. The summed E-state index contributed by atoms with van der Waals surface area (Å²) in [7, 11) is 1.63. The molecule has 1 atom stereocenters. The largest absolute Gasteiger partial charge is 0.359 e. The van der Waals surface area contributed by atoms with Gasteiger partial charge < -0.3 is 10.2 Å². The molecule has 1 aromatic heterocycles. The van der Waals surface area contributed by atoms with Crippen molar-refractivity contribution in [3.05, 3.63) is 90.0 Å². The number of nitrogens with one attached hydrogen (secondary N) is 1. The van der Waals surface area contributed by atoms with Crippen LogP contribution in [0.1, 0.15) is 28.8 Å². The van der Waals surface area contributed by atoms with Gasteiger partial charge >= 0.3 is 0 Å². The van der Waals surface area contributed by atoms with E-state index < -0.39 is 11.2 Å². The lowest BCUT2D eigenvalue weighted by Gasteiger charge is -2.42. The van der Waals surface area contributed by atoms with Gasteiger partial charge in [0.25, 0.3) is 5.91 Å². The molecule has 0 unspecified atom stereocenters. The molecule has 164 valence electrons. The lowest BCUT2D eigenvalue weighted by atomic mass is 9.73. The van der Waals surface area contributed by atoms with Crippen LogP contribution in [0.2, 0.25) is 0 Å². The van der Waals surface area contributed by atoms with Crippen LogP contribution in [0.15, 0.2) is 73.1 Å². The van der Waals surface area contributed by atoms with E-state index in [1.807, 2.05) is 36.4 Å². The number of pyridine rings is 1. The third kappa shape index (κ3) is 4.40. The minimum Gasteiger partial charge on any atom is -0.359 e. The summed E-state index contributed by atoms with van der Waals surface area (Å²) in [6, 6.07) is 17.6. The van der Waals surface area contributed by atoms with Gasteiger partial charge in [0.15, 0.2) is 0 Å². The van der Waals surface area contributed by atoms with E-state index in [0.29, 0.717) is 31.4 Å². The molecule has 1 aliphatic heterocycles. The maximum Gasteiger partial charge on any atom is 0.253 e. The Bertz CT molecular complexity index is 1120. The number of rotatable bonds is 5. The van der Waals surface area contributed by atoms with E-state index in [2.05, 4.69) is 10.3 Å². The first-order chi connectivity index (χ1) is 15.5. The quantitative estimate of drug-likeness (QED) is 0.662. The van der Waals surface area contributed by atoms with E-state index in [-0.39, 0.29) is 18.4 Å². The molecule has 3 aromatic rings. The normalized spacial score (nSPS) is 18.2. The molecule has 0 radical (unpaired) electrons. The van der Waals surface area contributed by atoms with E-state index in [4.69, 9.17) is 0 Å². The predicted molar refractivity (Wildman–Crippen MR) is 121 cm³/mol. The molecule has 2 heterocycles. The van der Waals surface area contributed by atoms with Crippen LogP contribution in [0.3, 0.4) is 0 Å². The number of hydrogen-bond acceptors (Lipinski definition) is 3. The Labute approximate surface area is 187 Å². The smallest absolute Gasteiger partial charge is 0.253 e. The van der Waals surface area contributed by atoms with Gasteiger partial charge in [0.1, 0.15) is 5.82 Å². The highest BCUT2D eigenvalue weighted by molar-refractivity contribution is 5.95. The van der Waals surface area contributed by atoms with Crippen molar-refractivity contribution in [1.82, 2.24) is 15.2 Å². The molecule has 1 fully saturated rings. The number of halogens is 1. The minimum atomic E-state index is -0.765. The Morgan fingerprint density at radius 3 is 2.62 bits per heavy atom. The highest BCUT2D eigenvalue weighted by Crippen LogP contribution is 2.37. The molecule has 2 aromatic carbocycles. The third-order valence-corrected chi connectivity index (χ3v) is 6.18. The molecule has 6 heteroatoms. The second kappa shape index (κ2) is 9.30. The molecule has 2 amide bonds. The Hall–Kier alpha value is -3.54. The van der Waals surface area contributed by atoms with Crippen LogP contribution in [0.5, 0.6) is 0 Å². The molecule has 1 N–H and O–H groups in total. The van der Waals surface area contributed by atoms with Crippen LogP contribution in [0, 0.1) is 11.2 Å². The molecular weight excluding hydrogens is 405 g/mol. The van der Waals surface area contributed by atoms with Crippen LogP contribution in [-0.2, 0) is 11.2 Å². The first-order valence-electron chi connectivity index (χ1n) is 10.8. The van der Waals surface area contributed by atoms with E-state index >= 15 is 0 Å². The van der Waals surface area contributed by atoms with Crippen molar-refractivity contribution in [2.45, 2.75) is 19.3 Å². The number of amides is 2. The number of likely N-dealkylation sites (tertiary alicyclic amines) is 1. The van der Waals surface area contributed by atoms with Crippen molar-refractivity contribution in [2.24, 2.45) is 5.41 Å². The Morgan fingerprint density at radius 2 is 1.88 bits per heavy atom. The number of benzene rings is 2. The Balaban J connectivity index is 1.67. The average Bonchev–Trinajstić information content (AvgIpc) is 2.84. The fraction of sp³-hybridized carbons (Fsp3) is 0.269. The number of carbonyl (C=O) groups excluding carboxylic acids is 2. The number of piperidine rings is 1. The second-order valence-electron chi connectivity index (χ2n) is 8.27. The molecule has 5 nitrogen and oxygen atoms in total. The average molecular weight is 432 g/mol. The summed E-state index contributed by atoms with van der Waals surface area (Å²) in [5.41, 5.74) is 2.66. The van der Waals surface area contributed by atoms with Gasteiger partial charge in [-0.2, -0.15) is 0 Å². The van der Waals surface area contributed by atoms with Gasteiger partial charge in [-0.15, -0.1) is 0 Å². The monoisotopic (exact) mass is 431 g/mol. The van der Waals surface area contributed by atoms with Crippen molar-refractivity contribution in [1.29, 1.82) is 0 Å². The van der Waals surface area contributed by atoms with Crippen LogP contribution >= 0.6 is 0 Å². The number of aromatic nitrogens is 1. The lowest BCUT2D eigenvalue weighted by Crippen LogP contribution is -2.54. The molecule has 0 spiro atoms. The zero-order chi connectivity index (χ0) is 22.6. The topological polar surface area (TPSA) is 62.3 Å². The third-order valence-electron chi connectivity index (χ3n) is 6.18. The molecule has 1 aliphatic rings. The Morgan fingerprint density at radius 1 is 1.09 bits per heavy atom. The highest BCUT2D eigenvalue weighted by atomic mass is 19.1. The molecule has 1 saturated heterocycles. The van der Waals surface area contributed by atoms with Gasteiger partial charge in [-0.05, 0) is 66.3 Å². The van der Waals surface area contributed by atoms with Crippen LogP contribution < -0.4 is 5.32 Å². The summed E-state index contributed by atoms with van der Waals surface area (Å²) >= 11 is 0. The summed E-state index contributed by atoms with van der Waals surface area (Å²) in [6.45, 7) is 0.826. The summed E-state index contributed by atoms with van der Waals surface area (Å²) in [5, 5.41) is 2.82. The van der Waals surface area contributed by atoms with E-state index in [1.54, 1.807) is 30.4 Å². The van der Waals surface area contributed by atoms with Gasteiger partial charge in [0, 0.05) is 38.1 Å². The van der Waals surface area contributed by atoms with E-state index in [9.17, 15) is 14.0 Å². The van der Waals surface area contributed by atoms with E-state index in [0.717, 1.165) is 16.7 Å². The van der Waals surface area contributed by atoms with Crippen LogP contribution in [-0.4, -0.2) is 41.8 Å².